The van der Waals surface area contributed by atoms with E-state index in [2.05, 4.69) is 0 Å². The van der Waals surface area contributed by atoms with Crippen molar-refractivity contribution in [3.63, 3.8) is 0 Å². The molecule has 0 saturated heterocycles. The zero-order valence-electron chi connectivity index (χ0n) is 12.1. The average molecular weight is 385 g/mol. The van der Waals surface area contributed by atoms with E-state index >= 15 is 0 Å². The highest BCUT2D eigenvalue weighted by Crippen LogP contribution is 1.62. The first-order valence-electron chi connectivity index (χ1n) is 3.93. The van der Waals surface area contributed by atoms with E-state index in [-0.39, 0.29) is 24.8 Å². The van der Waals surface area contributed by atoms with E-state index in [1.54, 1.807) is 50.0 Å². The molecule has 0 aliphatic heterocycles. The van der Waals surface area contributed by atoms with Crippen molar-refractivity contribution in [1.82, 2.24) is 0 Å². The summed E-state index contributed by atoms with van der Waals surface area (Å²) < 4.78 is 38.2. The summed E-state index contributed by atoms with van der Waals surface area (Å²) in [6.45, 7) is 0. The molecule has 18 heavy (non-hydrogen) atoms. The topological polar surface area (TPSA) is 92.2 Å². The Morgan fingerprint density at radius 1 is 0.389 bits per heavy atom. The molecule has 0 amide bonds. The molecule has 4 nitrogen and oxygen atoms in total. The minimum atomic E-state index is -0.611. The summed E-state index contributed by atoms with van der Waals surface area (Å²) in [6, 6.07) is 0. The summed E-state index contributed by atoms with van der Waals surface area (Å²) in [5.74, 6) is 0. The number of rotatable bonds is 0. The summed E-state index contributed by atoms with van der Waals surface area (Å²) >= 11 is -2.44. The van der Waals surface area contributed by atoms with Gasteiger partial charge in [-0.15, -0.1) is 24.8 Å². The Balaban J connectivity index is -0.0000000257. The summed E-state index contributed by atoms with van der Waals surface area (Å²) in [6.07, 6.45) is 13.1. The van der Waals surface area contributed by atoms with Crippen LogP contribution in [0.4, 0.5) is 0 Å². The molecule has 0 bridgehead atoms. The molecule has 0 aromatic heterocycles. The standard InChI is InChI=1S/4C2H6OS.2ClH/c4*1-4(2)3;;/h4*1-2H3;2*1H. The van der Waals surface area contributed by atoms with Crippen molar-refractivity contribution in [1.29, 1.82) is 0 Å². The minimum Gasteiger partial charge on any atom is -0.617 e. The molecule has 0 atom stereocenters. The van der Waals surface area contributed by atoms with E-state index in [0.717, 1.165) is 0 Å². The lowest BCUT2D eigenvalue weighted by Crippen LogP contribution is -1.86. The molecule has 0 saturated carbocycles. The van der Waals surface area contributed by atoms with E-state index in [9.17, 15) is 18.2 Å². The van der Waals surface area contributed by atoms with Gasteiger partial charge in [-0.3, -0.25) is 0 Å². The highest BCUT2D eigenvalue weighted by Gasteiger charge is 1.67. The van der Waals surface area contributed by atoms with Crippen LogP contribution in [-0.2, 0) is 44.7 Å². The molecule has 0 fully saturated rings. The number of hydrogen-bond acceptors (Lipinski definition) is 4. The fraction of sp³-hybridized carbons (Fsp3) is 1.00. The molecule has 120 valence electrons. The first kappa shape index (κ1) is 36.8. The van der Waals surface area contributed by atoms with Crippen molar-refractivity contribution >= 4 is 69.5 Å². The van der Waals surface area contributed by atoms with E-state index in [1.165, 1.54) is 0 Å². The Kier molecular flexibility index (Phi) is 63.9. The van der Waals surface area contributed by atoms with E-state index in [1.807, 2.05) is 0 Å². The Morgan fingerprint density at radius 3 is 0.389 bits per heavy atom. The van der Waals surface area contributed by atoms with Crippen LogP contribution in [0.3, 0.4) is 0 Å². The van der Waals surface area contributed by atoms with E-state index in [4.69, 9.17) is 0 Å². The largest absolute Gasteiger partial charge is 0.617 e. The van der Waals surface area contributed by atoms with Gasteiger partial charge in [0, 0.05) is 0 Å². The summed E-state index contributed by atoms with van der Waals surface area (Å²) in [5.41, 5.74) is 0. The molecule has 0 heterocycles. The van der Waals surface area contributed by atoms with Crippen molar-refractivity contribution in [2.45, 2.75) is 0 Å². The second-order valence-corrected chi connectivity index (χ2v) is 8.90. The van der Waals surface area contributed by atoms with Gasteiger partial charge in [-0.2, -0.15) is 0 Å². The molecule has 0 aromatic carbocycles. The Hall–Kier alpha value is 1.82. The monoisotopic (exact) mass is 384 g/mol. The fourth-order valence-corrected chi connectivity index (χ4v) is 0. The van der Waals surface area contributed by atoms with Gasteiger partial charge in [0.1, 0.15) is 0 Å². The smallest absolute Gasteiger partial charge is 0.0946 e. The van der Waals surface area contributed by atoms with Gasteiger partial charge in [0.15, 0.2) is 0 Å². The Labute approximate surface area is 137 Å². The first-order valence-corrected chi connectivity index (χ1v) is 11.8. The maximum Gasteiger partial charge on any atom is 0.0946 e. The van der Waals surface area contributed by atoms with Crippen LogP contribution in [0.25, 0.3) is 0 Å². The normalized spacial score (nSPS) is 8.00. The van der Waals surface area contributed by atoms with Crippen LogP contribution in [0.5, 0.6) is 0 Å². The van der Waals surface area contributed by atoms with Gasteiger partial charge in [0.05, 0.1) is 50.0 Å². The van der Waals surface area contributed by atoms with Crippen molar-refractivity contribution in [3.8, 4) is 0 Å². The predicted octanol–water partition coefficient (Wildman–Crippen LogP) is 0.822. The Bertz CT molecular complexity index is 76.1. The van der Waals surface area contributed by atoms with Crippen molar-refractivity contribution in [2.75, 3.05) is 50.0 Å². The van der Waals surface area contributed by atoms with Crippen LogP contribution in [0.15, 0.2) is 0 Å². The molecule has 0 N–H and O–H groups in total. The lowest BCUT2D eigenvalue weighted by molar-refractivity contribution is 0.605. The third-order valence-corrected chi connectivity index (χ3v) is 0. The SMILES string of the molecule is C[S+](C)[O-].C[S+](C)[O-].C[S+](C)[O-].C[S+](C)[O-].Cl.Cl. The van der Waals surface area contributed by atoms with Crippen molar-refractivity contribution in [2.24, 2.45) is 0 Å². The maximum atomic E-state index is 9.56. The van der Waals surface area contributed by atoms with Crippen LogP contribution >= 0.6 is 24.8 Å². The van der Waals surface area contributed by atoms with Gasteiger partial charge in [-0.25, -0.2) is 0 Å². The van der Waals surface area contributed by atoms with Gasteiger partial charge < -0.3 is 18.2 Å². The van der Waals surface area contributed by atoms with Crippen molar-refractivity contribution in [3.05, 3.63) is 0 Å². The van der Waals surface area contributed by atoms with E-state index in [0.29, 0.717) is 0 Å². The molecule has 0 unspecified atom stereocenters. The molecule has 0 aliphatic rings. The van der Waals surface area contributed by atoms with Crippen LogP contribution in [0.2, 0.25) is 0 Å². The second-order valence-electron chi connectivity index (χ2n) is 2.97. The number of hydrogen-bond donors (Lipinski definition) is 0. The lowest BCUT2D eigenvalue weighted by atomic mass is 11.9. The third kappa shape index (κ3) is 1520. The molecule has 0 aliphatic carbocycles. The summed E-state index contributed by atoms with van der Waals surface area (Å²) in [4.78, 5) is 0. The lowest BCUT2D eigenvalue weighted by Gasteiger charge is -1.87. The number of halogens is 2. The van der Waals surface area contributed by atoms with Gasteiger partial charge >= 0.3 is 0 Å². The van der Waals surface area contributed by atoms with Crippen molar-refractivity contribution < 1.29 is 18.2 Å². The fourth-order valence-electron chi connectivity index (χ4n) is 0. The first-order chi connectivity index (χ1) is 6.93. The highest BCUT2D eigenvalue weighted by molar-refractivity contribution is 7.90. The van der Waals surface area contributed by atoms with Crippen LogP contribution in [0.1, 0.15) is 0 Å². The quantitative estimate of drug-likeness (QED) is 0.577. The molecule has 0 radical (unpaired) electrons. The maximum absolute atomic E-state index is 9.56. The molecule has 0 aromatic rings. The average Bonchev–Trinajstić information content (AvgIpc) is 1.76. The van der Waals surface area contributed by atoms with Crippen LogP contribution in [-0.4, -0.2) is 68.3 Å². The zero-order chi connectivity index (χ0) is 14.3. The second kappa shape index (κ2) is 31.3. The van der Waals surface area contributed by atoms with Gasteiger partial charge in [-0.1, -0.05) is 44.7 Å². The molecule has 0 spiro atoms. The third-order valence-electron chi connectivity index (χ3n) is 0. The van der Waals surface area contributed by atoms with Gasteiger partial charge in [-0.05, 0) is 0 Å². The molecule has 0 rings (SSSR count). The van der Waals surface area contributed by atoms with Gasteiger partial charge in [0.2, 0.25) is 0 Å². The predicted molar refractivity (Wildman–Crippen MR) is 94.5 cm³/mol. The molecular weight excluding hydrogens is 359 g/mol. The van der Waals surface area contributed by atoms with Crippen LogP contribution in [0, 0.1) is 0 Å². The van der Waals surface area contributed by atoms with Gasteiger partial charge in [0.25, 0.3) is 0 Å². The zero-order valence-corrected chi connectivity index (χ0v) is 17.0. The molecule has 10 heteroatoms. The highest BCUT2D eigenvalue weighted by atomic mass is 35.5. The van der Waals surface area contributed by atoms with Crippen LogP contribution < -0.4 is 0 Å². The Morgan fingerprint density at radius 2 is 0.389 bits per heavy atom. The molecular formula is C8H26Cl2O4S4. The summed E-state index contributed by atoms with van der Waals surface area (Å²) in [7, 11) is 0. The summed E-state index contributed by atoms with van der Waals surface area (Å²) in [5, 5.41) is 0. The van der Waals surface area contributed by atoms with E-state index < -0.39 is 44.7 Å². The minimum absolute atomic E-state index is 0.